The number of hydrogen-bond donors (Lipinski definition) is 2. The van der Waals surface area contributed by atoms with E-state index in [4.69, 9.17) is 28.9 Å². The highest BCUT2D eigenvalue weighted by molar-refractivity contribution is 9.10. The maximum Gasteiger partial charge on any atom is 0.244 e. The standard InChI is InChI=1S/C14H10BrCl2FN2O/c15-10-6-8(2-4-11(10)16)20-13(14(19)21)9-3-1-7(18)5-12(9)17/h1-6,13,20H,(H2,19,21). The van der Waals surface area contributed by atoms with Crippen LogP contribution in [0.4, 0.5) is 10.1 Å². The third kappa shape index (κ3) is 3.87. The van der Waals surface area contributed by atoms with Crippen molar-refractivity contribution >= 4 is 50.7 Å². The van der Waals surface area contributed by atoms with Gasteiger partial charge in [0.15, 0.2) is 0 Å². The highest BCUT2D eigenvalue weighted by Crippen LogP contribution is 2.30. The van der Waals surface area contributed by atoms with Crippen molar-refractivity contribution in [1.29, 1.82) is 0 Å². The van der Waals surface area contributed by atoms with Crippen molar-refractivity contribution < 1.29 is 9.18 Å². The van der Waals surface area contributed by atoms with Crippen LogP contribution in [0.5, 0.6) is 0 Å². The number of benzene rings is 2. The largest absolute Gasteiger partial charge is 0.370 e. The molecule has 110 valence electrons. The average molecular weight is 392 g/mol. The Bertz CT molecular complexity index is 697. The molecule has 0 bridgehead atoms. The molecule has 0 aliphatic heterocycles. The van der Waals surface area contributed by atoms with Crippen LogP contribution in [0, 0.1) is 5.82 Å². The Hall–Kier alpha value is -1.30. The number of carbonyl (C=O) groups excluding carboxylic acids is 1. The van der Waals surface area contributed by atoms with Gasteiger partial charge in [0.05, 0.1) is 5.02 Å². The van der Waals surface area contributed by atoms with E-state index in [1.165, 1.54) is 12.1 Å². The van der Waals surface area contributed by atoms with Gasteiger partial charge in [-0.15, -0.1) is 0 Å². The summed E-state index contributed by atoms with van der Waals surface area (Å²) in [6, 6.07) is 7.95. The molecule has 2 rings (SSSR count). The summed E-state index contributed by atoms with van der Waals surface area (Å²) in [4.78, 5) is 11.7. The number of amides is 1. The molecule has 3 nitrogen and oxygen atoms in total. The monoisotopic (exact) mass is 390 g/mol. The van der Waals surface area contributed by atoms with E-state index in [9.17, 15) is 9.18 Å². The molecular weight excluding hydrogens is 382 g/mol. The molecule has 0 aliphatic carbocycles. The second kappa shape index (κ2) is 6.64. The van der Waals surface area contributed by atoms with Crippen LogP contribution in [0.15, 0.2) is 40.9 Å². The van der Waals surface area contributed by atoms with E-state index in [0.717, 1.165) is 6.07 Å². The molecule has 0 radical (unpaired) electrons. The molecule has 1 atom stereocenters. The molecule has 0 saturated heterocycles. The normalized spacial score (nSPS) is 12.0. The van der Waals surface area contributed by atoms with E-state index >= 15 is 0 Å². The second-order valence-corrected chi connectivity index (χ2v) is 5.94. The van der Waals surface area contributed by atoms with Gasteiger partial charge in [0.1, 0.15) is 11.9 Å². The number of rotatable bonds is 4. The molecule has 0 aromatic heterocycles. The lowest BCUT2D eigenvalue weighted by Crippen LogP contribution is -2.28. The minimum atomic E-state index is -0.883. The van der Waals surface area contributed by atoms with Gasteiger partial charge < -0.3 is 11.1 Å². The number of anilines is 1. The average Bonchev–Trinajstić information content (AvgIpc) is 2.40. The molecule has 0 spiro atoms. The number of primary amides is 1. The number of nitrogens with two attached hydrogens (primary N) is 1. The van der Waals surface area contributed by atoms with E-state index in [1.54, 1.807) is 18.2 Å². The summed E-state index contributed by atoms with van der Waals surface area (Å²) in [6.07, 6.45) is 0. The summed E-state index contributed by atoms with van der Waals surface area (Å²) in [5, 5.41) is 3.62. The molecule has 3 N–H and O–H groups in total. The molecular formula is C14H10BrCl2FN2O. The first-order valence-corrected chi connectivity index (χ1v) is 7.39. The van der Waals surface area contributed by atoms with Gasteiger partial charge in [-0.2, -0.15) is 0 Å². The summed E-state index contributed by atoms with van der Waals surface area (Å²) in [6.45, 7) is 0. The Labute approximate surface area is 139 Å². The van der Waals surface area contributed by atoms with Crippen molar-refractivity contribution in [2.24, 2.45) is 5.73 Å². The van der Waals surface area contributed by atoms with Crippen molar-refractivity contribution in [2.45, 2.75) is 6.04 Å². The van der Waals surface area contributed by atoms with Gasteiger partial charge in [-0.25, -0.2) is 4.39 Å². The van der Waals surface area contributed by atoms with Gasteiger partial charge in [-0.1, -0.05) is 29.3 Å². The first-order chi connectivity index (χ1) is 9.88. The smallest absolute Gasteiger partial charge is 0.244 e. The molecule has 21 heavy (non-hydrogen) atoms. The summed E-state index contributed by atoms with van der Waals surface area (Å²) >= 11 is 15.2. The van der Waals surface area contributed by atoms with Crippen molar-refractivity contribution in [2.75, 3.05) is 5.32 Å². The zero-order valence-electron chi connectivity index (χ0n) is 10.5. The summed E-state index contributed by atoms with van der Waals surface area (Å²) in [7, 11) is 0. The molecule has 0 saturated carbocycles. The number of carbonyl (C=O) groups is 1. The summed E-state index contributed by atoms with van der Waals surface area (Å²) in [5.41, 5.74) is 6.42. The third-order valence-corrected chi connectivity index (χ3v) is 4.33. The summed E-state index contributed by atoms with van der Waals surface area (Å²) in [5.74, 6) is -1.12. The molecule has 7 heteroatoms. The predicted octanol–water partition coefficient (Wildman–Crippen LogP) is 4.53. The van der Waals surface area contributed by atoms with Crippen LogP contribution in [0.25, 0.3) is 0 Å². The van der Waals surface area contributed by atoms with Crippen LogP contribution in [0.3, 0.4) is 0 Å². The molecule has 0 heterocycles. The van der Waals surface area contributed by atoms with Crippen LogP contribution in [0.1, 0.15) is 11.6 Å². The fourth-order valence-corrected chi connectivity index (χ4v) is 2.56. The van der Waals surface area contributed by atoms with Crippen molar-refractivity contribution in [3.05, 3.63) is 62.3 Å². The molecule has 2 aromatic carbocycles. The Kier molecular flexibility index (Phi) is 5.08. The van der Waals surface area contributed by atoms with Crippen molar-refractivity contribution in [3.8, 4) is 0 Å². The van der Waals surface area contributed by atoms with Crippen LogP contribution in [0.2, 0.25) is 10.0 Å². The molecule has 0 fully saturated rings. The first kappa shape index (κ1) is 16.1. The lowest BCUT2D eigenvalue weighted by Gasteiger charge is -2.18. The van der Waals surface area contributed by atoms with E-state index in [1.807, 2.05) is 0 Å². The van der Waals surface area contributed by atoms with Crippen molar-refractivity contribution in [3.63, 3.8) is 0 Å². The first-order valence-electron chi connectivity index (χ1n) is 5.84. The maximum absolute atomic E-state index is 13.1. The highest BCUT2D eigenvalue weighted by atomic mass is 79.9. The van der Waals surface area contributed by atoms with Gasteiger partial charge in [0.25, 0.3) is 0 Å². The second-order valence-electron chi connectivity index (χ2n) is 4.27. The molecule has 1 amide bonds. The topological polar surface area (TPSA) is 55.1 Å². The Balaban J connectivity index is 2.35. The maximum atomic E-state index is 13.1. The number of nitrogens with one attached hydrogen (secondary N) is 1. The quantitative estimate of drug-likeness (QED) is 0.804. The zero-order chi connectivity index (χ0) is 15.6. The van der Waals surface area contributed by atoms with Crippen molar-refractivity contribution in [1.82, 2.24) is 0 Å². The Morgan fingerprint density at radius 1 is 1.19 bits per heavy atom. The Morgan fingerprint density at radius 2 is 1.90 bits per heavy atom. The lowest BCUT2D eigenvalue weighted by atomic mass is 10.1. The number of hydrogen-bond acceptors (Lipinski definition) is 2. The van der Waals surface area contributed by atoms with Crippen LogP contribution >= 0.6 is 39.1 Å². The summed E-state index contributed by atoms with van der Waals surface area (Å²) < 4.78 is 13.8. The zero-order valence-corrected chi connectivity index (χ0v) is 13.6. The van der Waals surface area contributed by atoms with Crippen LogP contribution < -0.4 is 11.1 Å². The van der Waals surface area contributed by atoms with E-state index < -0.39 is 17.8 Å². The fourth-order valence-electron chi connectivity index (χ4n) is 1.79. The van der Waals surface area contributed by atoms with Crippen LogP contribution in [-0.4, -0.2) is 5.91 Å². The van der Waals surface area contributed by atoms with Gasteiger partial charge in [0.2, 0.25) is 5.91 Å². The van der Waals surface area contributed by atoms with Gasteiger partial charge in [0, 0.05) is 20.7 Å². The minimum Gasteiger partial charge on any atom is -0.370 e. The van der Waals surface area contributed by atoms with Crippen LogP contribution in [-0.2, 0) is 4.79 Å². The van der Waals surface area contributed by atoms with E-state index in [2.05, 4.69) is 21.2 Å². The molecule has 1 unspecified atom stereocenters. The third-order valence-electron chi connectivity index (χ3n) is 2.79. The van der Waals surface area contributed by atoms with E-state index in [-0.39, 0.29) is 5.02 Å². The molecule has 0 aliphatic rings. The fraction of sp³-hybridized carbons (Fsp3) is 0.0714. The lowest BCUT2D eigenvalue weighted by molar-refractivity contribution is -0.118. The SMILES string of the molecule is NC(=O)C(Nc1ccc(Cl)c(Br)c1)c1ccc(F)cc1Cl. The minimum absolute atomic E-state index is 0.124. The molecule has 2 aromatic rings. The van der Waals surface area contributed by atoms with Gasteiger partial charge >= 0.3 is 0 Å². The van der Waals surface area contributed by atoms with Gasteiger partial charge in [-0.05, 0) is 46.3 Å². The van der Waals surface area contributed by atoms with E-state index in [0.29, 0.717) is 20.7 Å². The van der Waals surface area contributed by atoms with Gasteiger partial charge in [-0.3, -0.25) is 4.79 Å². The Morgan fingerprint density at radius 3 is 2.48 bits per heavy atom. The predicted molar refractivity (Wildman–Crippen MR) is 86.1 cm³/mol. The number of halogens is 4. The highest BCUT2D eigenvalue weighted by Gasteiger charge is 2.21.